The molecule has 1 amide bonds. The average Bonchev–Trinajstić information content (AvgIpc) is 3.79. The van der Waals surface area contributed by atoms with Crippen molar-refractivity contribution in [3.63, 3.8) is 0 Å². The Kier molecular flexibility index (Phi) is 10.5. The number of nitrogens with one attached hydrogen (secondary N) is 2. The summed E-state index contributed by atoms with van der Waals surface area (Å²) >= 11 is 0. The SMILES string of the molecule is CC1(C)C2CCC1(C)C(NC=O)C21CCC1.CC12CCC(C3(CCC3)C1=O)C2(C)C.CC12CCC(CC1=O)C2(C)C.CNC1C2(CCC2)C2CCC1(C)C2(C)C.[V]. The molecule has 0 heterocycles. The predicted molar refractivity (Wildman–Crippen MR) is 228 cm³/mol. The summed E-state index contributed by atoms with van der Waals surface area (Å²) in [5.74, 6) is 4.33. The molecule has 0 saturated heterocycles. The second-order valence-electron chi connectivity index (χ2n) is 25.5. The summed E-state index contributed by atoms with van der Waals surface area (Å²) in [6.45, 7) is 28.4. The molecule has 8 bridgehead atoms. The minimum atomic E-state index is 0. The van der Waals surface area contributed by atoms with Crippen LogP contribution in [0.4, 0.5) is 0 Å². The van der Waals surface area contributed by atoms with E-state index in [2.05, 4.69) is 101 Å². The van der Waals surface area contributed by atoms with E-state index in [9.17, 15) is 14.4 Å². The Morgan fingerprint density at radius 2 is 0.982 bits per heavy atom. The molecule has 1 radical (unpaired) electrons. The summed E-state index contributed by atoms with van der Waals surface area (Å²) in [5, 5.41) is 6.87. The number of amides is 1. The van der Waals surface area contributed by atoms with Crippen molar-refractivity contribution >= 4 is 18.0 Å². The molecule has 10 unspecified atom stereocenters. The Morgan fingerprint density at radius 3 is 1.26 bits per heavy atom. The molecule has 11 saturated carbocycles. The van der Waals surface area contributed by atoms with Gasteiger partial charge in [0, 0.05) is 53.3 Å². The van der Waals surface area contributed by atoms with Gasteiger partial charge in [0.1, 0.15) is 11.6 Å². The van der Waals surface area contributed by atoms with E-state index in [0.29, 0.717) is 61.9 Å². The van der Waals surface area contributed by atoms with Crippen molar-refractivity contribution in [2.24, 2.45) is 83.2 Å². The van der Waals surface area contributed by atoms with Gasteiger partial charge in [-0.3, -0.25) is 14.4 Å². The Bertz CT molecular complexity index is 1630. The van der Waals surface area contributed by atoms with Crippen molar-refractivity contribution in [1.82, 2.24) is 10.6 Å². The van der Waals surface area contributed by atoms with Crippen LogP contribution >= 0.6 is 0 Å². The van der Waals surface area contributed by atoms with Crippen molar-refractivity contribution < 1.29 is 32.9 Å². The van der Waals surface area contributed by atoms with Crippen LogP contribution in [0.1, 0.15) is 199 Å². The molecule has 11 aliphatic carbocycles. The second-order valence-corrected chi connectivity index (χ2v) is 25.5. The first kappa shape index (κ1) is 44.4. The number of ketones is 2. The number of hydrogen-bond donors (Lipinski definition) is 2. The van der Waals surface area contributed by atoms with Crippen molar-refractivity contribution in [3.8, 4) is 0 Å². The second kappa shape index (κ2) is 13.4. The van der Waals surface area contributed by atoms with Gasteiger partial charge in [0.2, 0.25) is 6.41 Å². The van der Waals surface area contributed by atoms with Crippen molar-refractivity contribution in [2.45, 2.75) is 211 Å². The van der Waals surface area contributed by atoms with Crippen molar-refractivity contribution in [2.75, 3.05) is 7.05 Å². The third-order valence-electron chi connectivity index (χ3n) is 24.1. The monoisotopic (exact) mass is 824 g/mol. The number of Topliss-reactive ketones (excluding diaryl/α,β-unsaturated/α-hetero) is 2. The van der Waals surface area contributed by atoms with Crippen molar-refractivity contribution in [3.05, 3.63) is 0 Å². The number of rotatable bonds is 3. The van der Waals surface area contributed by atoms with E-state index < -0.39 is 0 Å². The van der Waals surface area contributed by atoms with Gasteiger partial charge in [-0.15, -0.1) is 0 Å². The zero-order valence-corrected chi connectivity index (χ0v) is 40.3. The molecule has 11 rings (SSSR count). The Hall–Kier alpha value is -0.646. The molecule has 5 nitrogen and oxygen atoms in total. The van der Waals surface area contributed by atoms with Gasteiger partial charge in [-0.1, -0.05) is 102 Å². The fourth-order valence-electron chi connectivity index (χ4n) is 18.9. The summed E-state index contributed by atoms with van der Waals surface area (Å²) in [6, 6.07) is 1.22. The van der Waals surface area contributed by atoms with Gasteiger partial charge in [0.05, 0.1) is 0 Å². The first-order valence-corrected chi connectivity index (χ1v) is 23.9. The predicted octanol–water partition coefficient (Wildman–Crippen LogP) is 11.5. The number of carbonyl (C=O) groups is 3. The summed E-state index contributed by atoms with van der Waals surface area (Å²) in [5.41, 5.74) is 3.70. The minimum absolute atomic E-state index is 0. The average molecular weight is 824 g/mol. The molecule has 11 fully saturated rings. The standard InChI is InChI=1S/C14H23NO.C14H25N.C13H20O.C10H16O.V/c1-12(2)10-5-8-13(12,3)11(15-9-16)14(10)6-4-7-14;1-12(2)10-6-9-13(12,3)11(15-4)14(10)7-5-8-14;1-11(2)9-5-8-12(11,3)10(14)13(9)6-4-7-13;1-9(2)7-4-5-10(9,3)8(11)6-7;/h9-11H,4-8H2,1-3H3,(H,15,16);10-11,15H,5-9H2,1-4H3;9H,4-8H2,1-3H3;7H,4-6H2,1-3H3;. The van der Waals surface area contributed by atoms with E-state index in [4.69, 9.17) is 0 Å². The van der Waals surface area contributed by atoms with Crippen LogP contribution in [0.15, 0.2) is 0 Å². The smallest absolute Gasteiger partial charge is 0.207 e. The van der Waals surface area contributed by atoms with Crippen LogP contribution in [0, 0.1) is 83.2 Å². The van der Waals surface area contributed by atoms with E-state index in [1.807, 2.05) is 0 Å². The molecule has 11 aliphatic rings. The van der Waals surface area contributed by atoms with E-state index in [0.717, 1.165) is 43.6 Å². The van der Waals surface area contributed by atoms with Gasteiger partial charge in [-0.25, -0.2) is 0 Å². The third kappa shape index (κ3) is 5.07. The summed E-state index contributed by atoms with van der Waals surface area (Å²) in [4.78, 5) is 35.0. The molecule has 0 aromatic rings. The van der Waals surface area contributed by atoms with Gasteiger partial charge >= 0.3 is 0 Å². The Balaban J connectivity index is 0.000000116. The zero-order chi connectivity index (χ0) is 41.0. The molecule has 6 heteroatoms. The van der Waals surface area contributed by atoms with Crippen LogP contribution in [-0.2, 0) is 32.9 Å². The molecule has 57 heavy (non-hydrogen) atoms. The van der Waals surface area contributed by atoms with E-state index in [-0.39, 0.29) is 45.6 Å². The maximum atomic E-state index is 12.5. The summed E-state index contributed by atoms with van der Waals surface area (Å²) in [6.07, 6.45) is 24.4. The normalized spacial score (nSPS) is 46.8. The molecule has 0 aromatic carbocycles. The molecular weight excluding hydrogens is 740 g/mol. The molecule has 2 N–H and O–H groups in total. The number of hydrogen-bond acceptors (Lipinski definition) is 4. The zero-order valence-electron chi connectivity index (χ0n) is 38.9. The molecule has 0 aliphatic heterocycles. The van der Waals surface area contributed by atoms with Gasteiger partial charge in [-0.2, -0.15) is 0 Å². The van der Waals surface area contributed by atoms with Gasteiger partial charge in [-0.05, 0) is 164 Å². The van der Waals surface area contributed by atoms with Gasteiger partial charge in [0.15, 0.2) is 0 Å². The van der Waals surface area contributed by atoms with Crippen LogP contribution in [0.5, 0.6) is 0 Å². The van der Waals surface area contributed by atoms with Gasteiger partial charge < -0.3 is 10.6 Å². The van der Waals surface area contributed by atoms with E-state index in [1.165, 1.54) is 96.3 Å². The number of carbonyl (C=O) groups excluding carboxylic acids is 3. The molecule has 321 valence electrons. The van der Waals surface area contributed by atoms with Crippen LogP contribution in [0.2, 0.25) is 0 Å². The van der Waals surface area contributed by atoms with E-state index in [1.54, 1.807) is 0 Å². The Labute approximate surface area is 361 Å². The molecule has 10 atom stereocenters. The topological polar surface area (TPSA) is 75.3 Å². The largest absolute Gasteiger partial charge is 0.355 e. The maximum absolute atomic E-state index is 12.5. The molecule has 0 aromatic heterocycles. The fourth-order valence-corrected chi connectivity index (χ4v) is 18.9. The quantitative estimate of drug-likeness (QED) is 0.278. The number of fused-ring (bicyclic) bond motifs is 11. The maximum Gasteiger partial charge on any atom is 0.207 e. The fraction of sp³-hybridized carbons (Fsp3) is 0.941. The van der Waals surface area contributed by atoms with Gasteiger partial charge in [0.25, 0.3) is 0 Å². The third-order valence-corrected chi connectivity index (χ3v) is 24.1. The molecular formula is C51H84N2O3V. The van der Waals surface area contributed by atoms with Crippen LogP contribution in [0.25, 0.3) is 0 Å². The Morgan fingerprint density at radius 1 is 0.526 bits per heavy atom. The van der Waals surface area contributed by atoms with Crippen LogP contribution in [-0.4, -0.2) is 37.1 Å². The first-order chi connectivity index (χ1) is 25.9. The van der Waals surface area contributed by atoms with Crippen molar-refractivity contribution in [1.29, 1.82) is 0 Å². The summed E-state index contributed by atoms with van der Waals surface area (Å²) < 4.78 is 0. The van der Waals surface area contributed by atoms with Crippen LogP contribution in [0.3, 0.4) is 0 Å². The summed E-state index contributed by atoms with van der Waals surface area (Å²) in [7, 11) is 2.19. The first-order valence-electron chi connectivity index (χ1n) is 23.9. The molecule has 3 spiro atoms. The minimum Gasteiger partial charge on any atom is -0.355 e. The van der Waals surface area contributed by atoms with Crippen LogP contribution < -0.4 is 10.6 Å². The van der Waals surface area contributed by atoms with E-state index >= 15 is 0 Å².